The van der Waals surface area contributed by atoms with E-state index in [1.165, 1.54) is 41.5 Å². The molecule has 0 saturated heterocycles. The number of ether oxygens (including phenoxy) is 1. The van der Waals surface area contributed by atoms with E-state index in [9.17, 15) is 0 Å². The molecule has 0 radical (unpaired) electrons. The largest absolute Gasteiger partial charge is 0.487 e. The standard InChI is InChI=1S/C21H30O/c1-7-8-16-12-18-17(11-15(16)3)21(6)13-14(2)9-10-19(21)20(4,5)22-18/h11-13,19H,7-10H2,1-6H3/t19-,21-/m0/s1. The molecular weight excluding hydrogens is 268 g/mol. The summed E-state index contributed by atoms with van der Waals surface area (Å²) in [4.78, 5) is 0. The molecule has 0 saturated carbocycles. The Hall–Kier alpha value is -1.24. The molecule has 2 aliphatic rings. The first-order chi connectivity index (χ1) is 10.3. The minimum Gasteiger partial charge on any atom is -0.487 e. The number of fused-ring (bicyclic) bond motifs is 3. The average Bonchev–Trinajstić information content (AvgIpc) is 2.40. The van der Waals surface area contributed by atoms with Crippen molar-refractivity contribution < 1.29 is 4.74 Å². The van der Waals surface area contributed by atoms with Gasteiger partial charge < -0.3 is 4.74 Å². The van der Waals surface area contributed by atoms with Gasteiger partial charge in [0, 0.05) is 16.9 Å². The Morgan fingerprint density at radius 1 is 1.18 bits per heavy atom. The second kappa shape index (κ2) is 5.15. The summed E-state index contributed by atoms with van der Waals surface area (Å²) in [5.41, 5.74) is 5.79. The van der Waals surface area contributed by atoms with Gasteiger partial charge in [-0.1, -0.05) is 38.0 Å². The van der Waals surface area contributed by atoms with Crippen LogP contribution in [0.3, 0.4) is 0 Å². The number of hydrogen-bond donors (Lipinski definition) is 0. The lowest BCUT2D eigenvalue weighted by atomic mass is 9.59. The zero-order valence-corrected chi connectivity index (χ0v) is 15.0. The van der Waals surface area contributed by atoms with Crippen LogP contribution < -0.4 is 4.74 Å². The first kappa shape index (κ1) is 15.6. The minimum atomic E-state index is -0.0995. The van der Waals surface area contributed by atoms with Crippen molar-refractivity contribution >= 4 is 0 Å². The predicted molar refractivity (Wildman–Crippen MR) is 93.7 cm³/mol. The van der Waals surface area contributed by atoms with Crippen LogP contribution in [-0.2, 0) is 11.8 Å². The van der Waals surface area contributed by atoms with Crippen molar-refractivity contribution in [3.8, 4) is 5.75 Å². The van der Waals surface area contributed by atoms with Gasteiger partial charge in [0.1, 0.15) is 11.4 Å². The molecule has 0 amide bonds. The molecule has 1 nitrogen and oxygen atoms in total. The highest BCUT2D eigenvalue weighted by atomic mass is 16.5. The molecule has 1 aliphatic heterocycles. The molecule has 2 atom stereocenters. The van der Waals surface area contributed by atoms with E-state index in [-0.39, 0.29) is 11.0 Å². The van der Waals surface area contributed by atoms with E-state index < -0.39 is 0 Å². The van der Waals surface area contributed by atoms with Crippen molar-refractivity contribution in [2.45, 2.75) is 78.2 Å². The van der Waals surface area contributed by atoms with Crippen molar-refractivity contribution in [1.29, 1.82) is 0 Å². The molecule has 1 aliphatic carbocycles. The zero-order valence-electron chi connectivity index (χ0n) is 15.0. The first-order valence-corrected chi connectivity index (χ1v) is 8.79. The van der Waals surface area contributed by atoms with E-state index in [1.54, 1.807) is 0 Å². The molecule has 1 heterocycles. The topological polar surface area (TPSA) is 9.23 Å². The highest BCUT2D eigenvalue weighted by molar-refractivity contribution is 5.52. The number of benzene rings is 1. The fourth-order valence-corrected chi connectivity index (χ4v) is 4.82. The van der Waals surface area contributed by atoms with Crippen molar-refractivity contribution in [1.82, 2.24) is 0 Å². The fraction of sp³-hybridized carbons (Fsp3) is 0.619. The molecule has 1 aromatic rings. The number of aryl methyl sites for hydroxylation is 2. The molecule has 120 valence electrons. The molecule has 0 aromatic heterocycles. The van der Waals surface area contributed by atoms with Crippen LogP contribution in [0, 0.1) is 12.8 Å². The van der Waals surface area contributed by atoms with Gasteiger partial charge in [-0.3, -0.25) is 0 Å². The third kappa shape index (κ3) is 2.30. The van der Waals surface area contributed by atoms with E-state index in [0.717, 1.165) is 12.2 Å². The van der Waals surface area contributed by atoms with E-state index in [1.807, 2.05) is 0 Å². The van der Waals surface area contributed by atoms with E-state index >= 15 is 0 Å². The Bertz CT molecular complexity index is 623. The Morgan fingerprint density at radius 2 is 1.91 bits per heavy atom. The van der Waals surface area contributed by atoms with Crippen LogP contribution in [0.15, 0.2) is 23.8 Å². The number of rotatable bonds is 2. The molecule has 0 spiro atoms. The monoisotopic (exact) mass is 298 g/mol. The maximum atomic E-state index is 6.50. The van der Waals surface area contributed by atoms with Crippen LogP contribution in [0.25, 0.3) is 0 Å². The Morgan fingerprint density at radius 3 is 2.59 bits per heavy atom. The third-order valence-electron chi connectivity index (χ3n) is 5.85. The van der Waals surface area contributed by atoms with Gasteiger partial charge in [0.25, 0.3) is 0 Å². The summed E-state index contributed by atoms with van der Waals surface area (Å²) < 4.78 is 6.50. The molecule has 0 bridgehead atoms. The lowest BCUT2D eigenvalue weighted by Gasteiger charge is -2.52. The van der Waals surface area contributed by atoms with Crippen molar-refractivity contribution in [3.63, 3.8) is 0 Å². The molecule has 3 rings (SSSR count). The quantitative estimate of drug-likeness (QED) is 0.633. The summed E-state index contributed by atoms with van der Waals surface area (Å²) in [7, 11) is 0. The van der Waals surface area contributed by atoms with Crippen LogP contribution in [-0.4, -0.2) is 5.60 Å². The summed E-state index contributed by atoms with van der Waals surface area (Å²) >= 11 is 0. The smallest absolute Gasteiger partial charge is 0.124 e. The van der Waals surface area contributed by atoms with E-state index in [0.29, 0.717) is 5.92 Å². The predicted octanol–water partition coefficient (Wildman–Crippen LogP) is 5.73. The molecule has 22 heavy (non-hydrogen) atoms. The minimum absolute atomic E-state index is 0.0995. The van der Waals surface area contributed by atoms with Crippen LogP contribution in [0.1, 0.15) is 70.6 Å². The van der Waals surface area contributed by atoms with Crippen molar-refractivity contribution in [2.75, 3.05) is 0 Å². The fourth-order valence-electron chi connectivity index (χ4n) is 4.82. The van der Waals surface area contributed by atoms with Gasteiger partial charge in [-0.05, 0) is 64.2 Å². The summed E-state index contributed by atoms with van der Waals surface area (Å²) in [6, 6.07) is 4.72. The van der Waals surface area contributed by atoms with Gasteiger partial charge in [-0.15, -0.1) is 0 Å². The second-order valence-electron chi connectivity index (χ2n) is 8.10. The van der Waals surface area contributed by atoms with Gasteiger partial charge in [0.2, 0.25) is 0 Å². The lowest BCUT2D eigenvalue weighted by molar-refractivity contribution is -0.0135. The van der Waals surface area contributed by atoms with Crippen LogP contribution in [0.4, 0.5) is 0 Å². The van der Waals surface area contributed by atoms with Gasteiger partial charge in [-0.25, -0.2) is 0 Å². The first-order valence-electron chi connectivity index (χ1n) is 8.79. The Kier molecular flexibility index (Phi) is 3.66. The third-order valence-corrected chi connectivity index (χ3v) is 5.85. The van der Waals surface area contributed by atoms with Crippen LogP contribution in [0.5, 0.6) is 5.75 Å². The summed E-state index contributed by atoms with van der Waals surface area (Å²) in [5.74, 6) is 1.66. The lowest BCUT2D eigenvalue weighted by Crippen LogP contribution is -2.53. The molecule has 1 aromatic carbocycles. The summed E-state index contributed by atoms with van der Waals surface area (Å²) in [5, 5.41) is 0. The Balaban J connectivity index is 2.20. The van der Waals surface area contributed by atoms with E-state index in [2.05, 4.69) is 59.8 Å². The van der Waals surface area contributed by atoms with Crippen LogP contribution in [0.2, 0.25) is 0 Å². The number of allylic oxidation sites excluding steroid dienone is 2. The maximum absolute atomic E-state index is 6.50. The SMILES string of the molecule is CCCc1cc2c(cc1C)[C@]1(C)C=C(C)CC[C@H]1C(C)(C)O2. The van der Waals surface area contributed by atoms with Gasteiger partial charge in [0.05, 0.1) is 0 Å². The Labute approximate surface area is 135 Å². The molecule has 1 heteroatoms. The maximum Gasteiger partial charge on any atom is 0.124 e. The highest BCUT2D eigenvalue weighted by Gasteiger charge is 2.51. The van der Waals surface area contributed by atoms with Gasteiger partial charge in [0.15, 0.2) is 0 Å². The highest BCUT2D eigenvalue weighted by Crippen LogP contribution is 2.54. The zero-order chi connectivity index (χ0) is 16.1. The average molecular weight is 298 g/mol. The molecule has 0 fully saturated rings. The van der Waals surface area contributed by atoms with Crippen LogP contribution >= 0.6 is 0 Å². The van der Waals surface area contributed by atoms with Gasteiger partial charge >= 0.3 is 0 Å². The summed E-state index contributed by atoms with van der Waals surface area (Å²) in [6.07, 6.45) is 7.26. The normalized spacial score (nSPS) is 29.2. The van der Waals surface area contributed by atoms with E-state index in [4.69, 9.17) is 4.74 Å². The van der Waals surface area contributed by atoms with Crippen molar-refractivity contribution in [3.05, 3.63) is 40.5 Å². The van der Waals surface area contributed by atoms with Gasteiger partial charge in [-0.2, -0.15) is 0 Å². The summed E-state index contributed by atoms with van der Waals surface area (Å²) in [6.45, 7) is 13.7. The molecule has 0 N–H and O–H groups in total. The molecular formula is C21H30O. The van der Waals surface area contributed by atoms with Crippen molar-refractivity contribution in [2.24, 2.45) is 5.92 Å². The second-order valence-corrected chi connectivity index (χ2v) is 8.10. The molecule has 0 unspecified atom stereocenters. The number of hydrogen-bond acceptors (Lipinski definition) is 1.